The van der Waals surface area contributed by atoms with Gasteiger partial charge in [-0.3, -0.25) is 0 Å². The third kappa shape index (κ3) is 5.11. The molecule has 0 bridgehead atoms. The van der Waals surface area contributed by atoms with E-state index in [2.05, 4.69) is 13.8 Å². The molecule has 1 atom stereocenters. The van der Waals surface area contributed by atoms with Crippen LogP contribution in [0.3, 0.4) is 0 Å². The van der Waals surface area contributed by atoms with Gasteiger partial charge in [-0.1, -0.05) is 13.8 Å². The van der Waals surface area contributed by atoms with E-state index in [9.17, 15) is 0 Å². The van der Waals surface area contributed by atoms with Crippen molar-refractivity contribution in [3.8, 4) is 5.40 Å². The molecule has 3 heteroatoms. The molecule has 0 radical (unpaired) electrons. The molecular weight excluding hydrogens is 158 g/mol. The topological polar surface area (TPSA) is 33.0 Å². The molecule has 2 nitrogen and oxygen atoms in total. The first-order valence-corrected chi connectivity index (χ1v) is 4.66. The number of nitriles is 1. The normalized spacial score (nSPS) is 13.5. The lowest BCUT2D eigenvalue weighted by Gasteiger charge is -2.19. The molecule has 0 amide bonds. The van der Waals surface area contributed by atoms with Gasteiger partial charge in [-0.25, -0.2) is 0 Å². The second-order valence-electron chi connectivity index (χ2n) is 3.01. The van der Waals surface area contributed by atoms with Gasteiger partial charge in [-0.15, -0.1) is 0 Å². The van der Waals surface area contributed by atoms with Gasteiger partial charge in [0, 0.05) is 0 Å². The maximum Gasteiger partial charge on any atom is 0.136 e. The lowest BCUT2D eigenvalue weighted by molar-refractivity contribution is 0.0366. The fraction of sp³-hybridized carbons (Fsp3) is 0.875. The minimum atomic E-state index is 0.0139. The molecule has 0 saturated heterocycles. The van der Waals surface area contributed by atoms with E-state index in [1.807, 2.05) is 19.2 Å². The largest absolute Gasteiger partial charge is 0.364 e. The van der Waals surface area contributed by atoms with Crippen LogP contribution in [0.2, 0.25) is 0 Å². The van der Waals surface area contributed by atoms with Gasteiger partial charge in [0.25, 0.3) is 0 Å². The molecule has 0 aliphatic heterocycles. The monoisotopic (exact) mass is 173 g/mol. The first-order chi connectivity index (χ1) is 5.07. The van der Waals surface area contributed by atoms with Crippen molar-refractivity contribution in [2.24, 2.45) is 5.92 Å². The van der Waals surface area contributed by atoms with Gasteiger partial charge in [0.05, 0.1) is 6.10 Å². The molecule has 64 valence electrons. The lowest BCUT2D eigenvalue weighted by atomic mass is 10.2. The SMILES string of the molecule is CC(C)OC(SC#N)C(C)C. The highest BCUT2D eigenvalue weighted by Gasteiger charge is 2.15. The van der Waals surface area contributed by atoms with E-state index in [-0.39, 0.29) is 11.5 Å². The molecule has 0 aliphatic rings. The van der Waals surface area contributed by atoms with Crippen molar-refractivity contribution in [2.75, 3.05) is 0 Å². The molecule has 1 unspecified atom stereocenters. The highest BCUT2D eigenvalue weighted by atomic mass is 32.2. The summed E-state index contributed by atoms with van der Waals surface area (Å²) in [7, 11) is 0. The molecule has 0 aromatic carbocycles. The Bertz CT molecular complexity index is 140. The molecule has 0 heterocycles. The average Bonchev–Trinajstić information content (AvgIpc) is 1.86. The number of hydrogen-bond donors (Lipinski definition) is 0. The van der Waals surface area contributed by atoms with Gasteiger partial charge in [0.1, 0.15) is 10.8 Å². The molecule has 0 spiro atoms. The smallest absolute Gasteiger partial charge is 0.136 e. The number of ether oxygens (including phenoxy) is 1. The predicted molar refractivity (Wildman–Crippen MR) is 48.1 cm³/mol. The molecule has 0 rings (SSSR count). The van der Waals surface area contributed by atoms with Gasteiger partial charge >= 0.3 is 0 Å². The van der Waals surface area contributed by atoms with E-state index in [1.165, 1.54) is 11.8 Å². The number of nitrogens with zero attached hydrogens (tertiary/aromatic N) is 1. The molecule has 0 aliphatic carbocycles. The van der Waals surface area contributed by atoms with E-state index < -0.39 is 0 Å². The first kappa shape index (κ1) is 10.8. The number of thiocyanates is 1. The van der Waals surface area contributed by atoms with Crippen molar-refractivity contribution >= 4 is 11.8 Å². The van der Waals surface area contributed by atoms with Crippen molar-refractivity contribution < 1.29 is 4.74 Å². The Labute approximate surface area is 72.9 Å². The summed E-state index contributed by atoms with van der Waals surface area (Å²) in [6, 6.07) is 0. The summed E-state index contributed by atoms with van der Waals surface area (Å²) in [5, 5.41) is 10.5. The summed E-state index contributed by atoms with van der Waals surface area (Å²) in [6.07, 6.45) is 0.197. The van der Waals surface area contributed by atoms with Crippen LogP contribution in [0, 0.1) is 16.6 Å². The van der Waals surface area contributed by atoms with Crippen LogP contribution in [-0.4, -0.2) is 11.5 Å². The quantitative estimate of drug-likeness (QED) is 0.484. The van der Waals surface area contributed by atoms with Crippen LogP contribution >= 0.6 is 11.8 Å². The maximum absolute atomic E-state index is 8.43. The summed E-state index contributed by atoms with van der Waals surface area (Å²) >= 11 is 1.20. The van der Waals surface area contributed by atoms with Crippen molar-refractivity contribution in [3.63, 3.8) is 0 Å². The summed E-state index contributed by atoms with van der Waals surface area (Å²) in [6.45, 7) is 8.06. The van der Waals surface area contributed by atoms with E-state index in [4.69, 9.17) is 10.00 Å². The van der Waals surface area contributed by atoms with Crippen molar-refractivity contribution in [1.82, 2.24) is 0 Å². The van der Waals surface area contributed by atoms with E-state index in [0.29, 0.717) is 5.92 Å². The molecule has 0 aromatic heterocycles. The van der Waals surface area contributed by atoms with Crippen LogP contribution < -0.4 is 0 Å². The summed E-state index contributed by atoms with van der Waals surface area (Å²) in [4.78, 5) is 0. The molecule has 0 aromatic rings. The lowest BCUT2D eigenvalue weighted by Crippen LogP contribution is -2.19. The Balaban J connectivity index is 3.81. The summed E-state index contributed by atoms with van der Waals surface area (Å²) in [5.41, 5.74) is 0.0139. The highest BCUT2D eigenvalue weighted by Crippen LogP contribution is 2.20. The first-order valence-electron chi connectivity index (χ1n) is 3.78. The van der Waals surface area contributed by atoms with Crippen LogP contribution in [0.25, 0.3) is 0 Å². The number of rotatable bonds is 4. The Morgan fingerprint density at radius 2 is 1.82 bits per heavy atom. The molecule has 0 N–H and O–H groups in total. The van der Waals surface area contributed by atoms with Gasteiger partial charge in [-0.2, -0.15) is 5.26 Å². The zero-order chi connectivity index (χ0) is 8.85. The highest BCUT2D eigenvalue weighted by molar-refractivity contribution is 8.04. The third-order valence-corrected chi connectivity index (χ3v) is 2.11. The number of hydrogen-bond acceptors (Lipinski definition) is 3. The van der Waals surface area contributed by atoms with Crippen LogP contribution in [0.1, 0.15) is 27.7 Å². The van der Waals surface area contributed by atoms with E-state index in [1.54, 1.807) is 0 Å². The van der Waals surface area contributed by atoms with Crippen molar-refractivity contribution in [2.45, 2.75) is 39.2 Å². The van der Waals surface area contributed by atoms with Crippen LogP contribution in [0.4, 0.5) is 0 Å². The Kier molecular flexibility index (Phi) is 5.35. The zero-order valence-corrected chi connectivity index (χ0v) is 8.31. The molecular formula is C8H15NOS. The van der Waals surface area contributed by atoms with Gasteiger partial charge in [0.15, 0.2) is 0 Å². The molecule has 11 heavy (non-hydrogen) atoms. The van der Waals surface area contributed by atoms with Crippen LogP contribution in [0.15, 0.2) is 0 Å². The number of thioether (sulfide) groups is 1. The summed E-state index contributed by atoms with van der Waals surface area (Å²) in [5.74, 6) is 0.391. The fourth-order valence-electron chi connectivity index (χ4n) is 0.641. The Hall–Kier alpha value is -0.200. The van der Waals surface area contributed by atoms with Gasteiger partial charge < -0.3 is 4.74 Å². The van der Waals surface area contributed by atoms with E-state index >= 15 is 0 Å². The van der Waals surface area contributed by atoms with Crippen molar-refractivity contribution in [1.29, 1.82) is 5.26 Å². The Morgan fingerprint density at radius 3 is 2.09 bits per heavy atom. The zero-order valence-electron chi connectivity index (χ0n) is 7.50. The standard InChI is InChI=1S/C8H15NOS/c1-6(2)8(11-5-9)10-7(3)4/h6-8H,1-4H3. The van der Waals surface area contributed by atoms with Crippen LogP contribution in [0.5, 0.6) is 0 Å². The average molecular weight is 173 g/mol. The summed E-state index contributed by atoms with van der Waals surface area (Å²) < 4.78 is 5.49. The van der Waals surface area contributed by atoms with Crippen LogP contribution in [-0.2, 0) is 4.74 Å². The maximum atomic E-state index is 8.43. The van der Waals surface area contributed by atoms with Crippen molar-refractivity contribution in [3.05, 3.63) is 0 Å². The molecule has 0 saturated carbocycles. The fourth-order valence-corrected chi connectivity index (χ4v) is 1.30. The predicted octanol–water partition coefficient (Wildman–Crippen LogP) is 2.61. The Morgan fingerprint density at radius 1 is 1.27 bits per heavy atom. The van der Waals surface area contributed by atoms with E-state index in [0.717, 1.165) is 0 Å². The minimum Gasteiger partial charge on any atom is -0.364 e. The second kappa shape index (κ2) is 5.45. The third-order valence-electron chi connectivity index (χ3n) is 1.12. The molecule has 0 fully saturated rings. The second-order valence-corrected chi connectivity index (χ2v) is 3.89. The van der Waals surface area contributed by atoms with Gasteiger partial charge in [-0.05, 0) is 31.5 Å². The minimum absolute atomic E-state index is 0.0139. The van der Waals surface area contributed by atoms with Gasteiger partial charge in [0.2, 0.25) is 0 Å².